The summed E-state index contributed by atoms with van der Waals surface area (Å²) >= 11 is 2.55. The third-order valence-corrected chi connectivity index (χ3v) is 6.51. The first-order valence-electron chi connectivity index (χ1n) is 9.40. The van der Waals surface area contributed by atoms with Crippen molar-refractivity contribution in [1.82, 2.24) is 0 Å². The van der Waals surface area contributed by atoms with Crippen molar-refractivity contribution >= 4 is 56.1 Å². The number of azo groups is 1. The predicted octanol–water partition coefficient (Wildman–Crippen LogP) is 0.849. The van der Waals surface area contributed by atoms with E-state index < -0.39 is 10.1 Å². The van der Waals surface area contributed by atoms with Gasteiger partial charge in [0.1, 0.15) is 15.8 Å². The van der Waals surface area contributed by atoms with Crippen LogP contribution in [-0.4, -0.2) is 42.8 Å². The smallest absolute Gasteiger partial charge is 0.744 e. The first kappa shape index (κ1) is 29.0. The second kappa shape index (κ2) is 14.4. The van der Waals surface area contributed by atoms with Crippen LogP contribution < -0.4 is 34.8 Å². The summed E-state index contributed by atoms with van der Waals surface area (Å²) in [5, 5.41) is 29.1. The Labute approximate surface area is 226 Å². The quantitative estimate of drug-likeness (QED) is 0.0674. The first-order chi connectivity index (χ1) is 15.9. The van der Waals surface area contributed by atoms with Crippen molar-refractivity contribution in [2.75, 3.05) is 24.7 Å². The molecule has 0 atom stereocenters. The fourth-order valence-corrected chi connectivity index (χ4v) is 4.11. The van der Waals surface area contributed by atoms with Crippen molar-refractivity contribution in [1.29, 1.82) is 0 Å². The zero-order valence-corrected chi connectivity index (χ0v) is 22.4. The van der Waals surface area contributed by atoms with Crippen molar-refractivity contribution in [2.45, 2.75) is 9.79 Å². The van der Waals surface area contributed by atoms with E-state index in [4.69, 9.17) is 9.22 Å². The van der Waals surface area contributed by atoms with Gasteiger partial charge in [0.05, 0.1) is 29.2 Å². The van der Waals surface area contributed by atoms with Gasteiger partial charge in [0.15, 0.2) is 5.75 Å². The fraction of sp³-hybridized carbons (Fsp3) is 0.200. The van der Waals surface area contributed by atoms with Crippen LogP contribution >= 0.6 is 23.8 Å². The van der Waals surface area contributed by atoms with Crippen LogP contribution in [0.5, 0.6) is 5.75 Å². The molecular weight excluding hydrogens is 515 g/mol. The summed E-state index contributed by atoms with van der Waals surface area (Å²) in [4.78, 5) is 9.15. The average Bonchev–Trinajstić information content (AvgIpc) is 2.80. The van der Waals surface area contributed by atoms with Crippen molar-refractivity contribution in [3.05, 3.63) is 54.6 Å². The summed E-state index contributed by atoms with van der Waals surface area (Å²) in [6.07, 6.45) is 0. The fourth-order valence-electron chi connectivity index (χ4n) is 2.58. The van der Waals surface area contributed by atoms with Gasteiger partial charge in [-0.25, -0.2) is 13.3 Å². The number of benzene rings is 3. The monoisotopic (exact) mass is 533 g/mol. The molecule has 3 aromatic rings. The van der Waals surface area contributed by atoms with Crippen LogP contribution in [0.3, 0.4) is 0 Å². The van der Waals surface area contributed by atoms with Gasteiger partial charge in [-0.15, -0.1) is 5.11 Å². The summed E-state index contributed by atoms with van der Waals surface area (Å²) in [7, 11) is -4.59. The molecule has 0 amide bonds. The van der Waals surface area contributed by atoms with E-state index in [1.165, 1.54) is 30.0 Å². The molecule has 0 unspecified atom stereocenters. The number of rotatable bonds is 12. The molecule has 34 heavy (non-hydrogen) atoms. The molecule has 0 saturated carbocycles. The van der Waals surface area contributed by atoms with Crippen LogP contribution in [-0.2, 0) is 24.2 Å². The van der Waals surface area contributed by atoms with E-state index in [2.05, 4.69) is 15.1 Å². The standard InChI is InChI=1S/C20H20N2O8S3.Na/c23-20-18-7-6-17(33(25,26)27)13-14(18)1-8-19(20)22-21-15-2-4-16(5-3-15)32-30-29-10-12-31-11-9-28-24;/h1-8,13,23-24H,9-12H2,(H,25,26,27);/q;+1/p-2. The number of phenols is 1. The summed E-state index contributed by atoms with van der Waals surface area (Å²) in [6, 6.07) is 13.6. The second-order valence-corrected chi connectivity index (χ2v) is 9.75. The topological polar surface area (TPSA) is 153 Å². The van der Waals surface area contributed by atoms with Crippen LogP contribution in [0.2, 0.25) is 0 Å². The predicted molar refractivity (Wildman–Crippen MR) is 120 cm³/mol. The van der Waals surface area contributed by atoms with E-state index >= 15 is 0 Å². The maximum absolute atomic E-state index is 11.2. The molecule has 0 fully saturated rings. The molecule has 0 aliphatic carbocycles. The van der Waals surface area contributed by atoms with E-state index in [0.29, 0.717) is 34.6 Å². The van der Waals surface area contributed by atoms with Gasteiger partial charge in [-0.05, 0) is 53.9 Å². The van der Waals surface area contributed by atoms with Crippen LogP contribution in [0.15, 0.2) is 74.6 Å². The second-order valence-electron chi connectivity index (χ2n) is 6.37. The number of phenolic OH excluding ortho intramolecular Hbond substituents is 1. The molecule has 0 saturated heterocycles. The number of nitrogens with zero attached hydrogens (tertiary/aromatic N) is 2. The summed E-state index contributed by atoms with van der Waals surface area (Å²) in [5.74, 6) is 1.09. The van der Waals surface area contributed by atoms with Crippen molar-refractivity contribution in [3.8, 4) is 5.75 Å². The Morgan fingerprint density at radius 2 is 1.71 bits per heavy atom. The summed E-state index contributed by atoms with van der Waals surface area (Å²) in [6.45, 7) is 0.520. The Bertz CT molecular complexity index is 1210. The molecule has 0 heterocycles. The molecule has 0 aliphatic heterocycles. The van der Waals surface area contributed by atoms with E-state index in [1.807, 2.05) is 0 Å². The largest absolute Gasteiger partial charge is 1.00 e. The third kappa shape index (κ3) is 8.77. The first-order valence-corrected chi connectivity index (χ1v) is 12.7. The molecule has 3 rings (SSSR count). The van der Waals surface area contributed by atoms with Crippen LogP contribution in [0.4, 0.5) is 11.4 Å². The number of hydrogen-bond donors (Lipinski definition) is 1. The van der Waals surface area contributed by atoms with E-state index in [1.54, 1.807) is 30.3 Å². The van der Waals surface area contributed by atoms with Crippen LogP contribution in [0, 0.1) is 0 Å². The Morgan fingerprint density at radius 3 is 2.41 bits per heavy atom. The number of fused-ring (bicyclic) bond motifs is 1. The molecule has 176 valence electrons. The van der Waals surface area contributed by atoms with Crippen molar-refractivity contribution in [2.24, 2.45) is 10.2 Å². The molecule has 3 aromatic carbocycles. The summed E-state index contributed by atoms with van der Waals surface area (Å²) in [5.41, 5.74) is 0.722. The Hall–Kier alpha value is -1.23. The Balaban J connectivity index is 0.00000408. The van der Waals surface area contributed by atoms with Gasteiger partial charge in [0.2, 0.25) is 0 Å². The number of thioether (sulfide) groups is 1. The molecule has 0 aromatic heterocycles. The number of aromatic hydroxyl groups is 1. The normalized spacial score (nSPS) is 11.7. The molecule has 0 radical (unpaired) electrons. The molecule has 1 N–H and O–H groups in total. The van der Waals surface area contributed by atoms with Gasteiger partial charge >= 0.3 is 29.6 Å². The van der Waals surface area contributed by atoms with Gasteiger partial charge in [-0.3, -0.25) is 0 Å². The minimum absolute atomic E-state index is 0. The maximum atomic E-state index is 11.2. The van der Waals surface area contributed by atoms with Gasteiger partial charge in [-0.1, -0.05) is 6.07 Å². The Morgan fingerprint density at radius 1 is 0.971 bits per heavy atom. The van der Waals surface area contributed by atoms with Gasteiger partial charge < -0.3 is 19.8 Å². The zero-order valence-electron chi connectivity index (χ0n) is 17.9. The van der Waals surface area contributed by atoms with Gasteiger partial charge in [-0.2, -0.15) is 21.2 Å². The van der Waals surface area contributed by atoms with Crippen molar-refractivity contribution in [3.63, 3.8) is 0 Å². The maximum Gasteiger partial charge on any atom is 1.00 e. The van der Waals surface area contributed by atoms with Crippen LogP contribution in [0.1, 0.15) is 0 Å². The molecule has 10 nitrogen and oxygen atoms in total. The minimum Gasteiger partial charge on any atom is -0.744 e. The molecule has 14 heteroatoms. The van der Waals surface area contributed by atoms with Crippen LogP contribution in [0.25, 0.3) is 10.8 Å². The molecular formula is C20H18N2NaO8S3-. The molecule has 0 bridgehead atoms. The zero-order chi connectivity index (χ0) is 23.7. The van der Waals surface area contributed by atoms with Gasteiger partial charge in [0, 0.05) is 28.4 Å². The number of hydrogen-bond acceptors (Lipinski definition) is 12. The average molecular weight is 534 g/mol. The molecule has 0 spiro atoms. The molecule has 0 aliphatic rings. The van der Waals surface area contributed by atoms with E-state index in [0.717, 1.165) is 23.0 Å². The van der Waals surface area contributed by atoms with Gasteiger partial charge in [0.25, 0.3) is 0 Å². The Kier molecular flexibility index (Phi) is 12.2. The van der Waals surface area contributed by atoms with E-state index in [-0.39, 0.29) is 52.5 Å². The summed E-state index contributed by atoms with van der Waals surface area (Å²) < 4.78 is 38.5. The SMILES string of the molecule is O=S(=O)([O-])c1ccc2c(O)c(N=Nc3ccc(SOOCCSCCO[O-])cc3)ccc2c1.[Na+]. The minimum atomic E-state index is -4.59. The van der Waals surface area contributed by atoms with Crippen molar-refractivity contribution < 1.29 is 67.0 Å². The van der Waals surface area contributed by atoms with E-state index in [9.17, 15) is 23.3 Å². The third-order valence-electron chi connectivity index (χ3n) is 4.14.